The third kappa shape index (κ3) is 3.46. The molecule has 3 aromatic rings. The monoisotopic (exact) mass is 322 g/mol. The Labute approximate surface area is 140 Å². The highest BCUT2D eigenvalue weighted by Gasteiger charge is 2.07. The van der Waals surface area contributed by atoms with Crippen LogP contribution >= 0.6 is 0 Å². The van der Waals surface area contributed by atoms with E-state index in [2.05, 4.69) is 11.1 Å². The lowest BCUT2D eigenvalue weighted by Gasteiger charge is -2.10. The molecule has 0 aliphatic heterocycles. The summed E-state index contributed by atoms with van der Waals surface area (Å²) in [7, 11) is 0. The van der Waals surface area contributed by atoms with Crippen LogP contribution in [0.4, 0.5) is 21.7 Å². The molecule has 122 valence electrons. The molecule has 0 aliphatic rings. The van der Waals surface area contributed by atoms with Crippen LogP contribution in [0.1, 0.15) is 11.1 Å². The Hall–Kier alpha value is -3.08. The highest BCUT2D eigenvalue weighted by molar-refractivity contribution is 5.67. The quantitative estimate of drug-likeness (QED) is 0.686. The second kappa shape index (κ2) is 6.58. The Morgan fingerprint density at radius 1 is 0.833 bits per heavy atom. The number of hydrogen-bond donors (Lipinski definition) is 3. The van der Waals surface area contributed by atoms with Gasteiger partial charge in [0.25, 0.3) is 0 Å². The molecule has 4 nitrogen and oxygen atoms in total. The number of pyridine rings is 1. The summed E-state index contributed by atoms with van der Waals surface area (Å²) in [5, 5.41) is 0. The fourth-order valence-corrected chi connectivity index (χ4v) is 2.71. The second-order valence-corrected chi connectivity index (χ2v) is 5.72. The molecule has 0 unspecified atom stereocenters. The van der Waals surface area contributed by atoms with E-state index in [9.17, 15) is 4.39 Å². The molecule has 0 aliphatic carbocycles. The van der Waals surface area contributed by atoms with E-state index in [4.69, 9.17) is 17.2 Å². The van der Waals surface area contributed by atoms with E-state index in [1.165, 1.54) is 12.1 Å². The van der Waals surface area contributed by atoms with Crippen molar-refractivity contribution in [2.45, 2.75) is 12.8 Å². The molecule has 24 heavy (non-hydrogen) atoms. The van der Waals surface area contributed by atoms with Crippen LogP contribution in [0.2, 0.25) is 0 Å². The van der Waals surface area contributed by atoms with Crippen LogP contribution in [-0.2, 0) is 12.8 Å². The summed E-state index contributed by atoms with van der Waals surface area (Å²) in [5.74, 6) is 0.386. The average molecular weight is 322 g/mol. The molecule has 5 heteroatoms. The van der Waals surface area contributed by atoms with E-state index < -0.39 is 0 Å². The van der Waals surface area contributed by atoms with Gasteiger partial charge in [0, 0.05) is 0 Å². The fourth-order valence-electron chi connectivity index (χ4n) is 2.71. The number of nitrogen functional groups attached to an aromatic ring is 3. The Morgan fingerprint density at radius 3 is 2.29 bits per heavy atom. The van der Waals surface area contributed by atoms with E-state index in [0.29, 0.717) is 17.9 Å². The van der Waals surface area contributed by atoms with Gasteiger partial charge < -0.3 is 17.2 Å². The summed E-state index contributed by atoms with van der Waals surface area (Å²) in [6, 6.07) is 16.3. The van der Waals surface area contributed by atoms with Gasteiger partial charge in [-0.2, -0.15) is 0 Å². The smallest absolute Gasteiger partial charge is 0.149 e. The zero-order valence-corrected chi connectivity index (χ0v) is 13.2. The summed E-state index contributed by atoms with van der Waals surface area (Å²) in [6.45, 7) is 0. The molecule has 3 rings (SSSR count). The van der Waals surface area contributed by atoms with Crippen molar-refractivity contribution in [3.8, 4) is 11.1 Å². The minimum absolute atomic E-state index is 0.242. The van der Waals surface area contributed by atoms with Crippen LogP contribution in [0.25, 0.3) is 11.1 Å². The molecule has 1 heterocycles. The van der Waals surface area contributed by atoms with Crippen LogP contribution in [0.3, 0.4) is 0 Å². The normalized spacial score (nSPS) is 10.7. The van der Waals surface area contributed by atoms with Crippen LogP contribution in [0.5, 0.6) is 0 Å². The number of halogens is 1. The van der Waals surface area contributed by atoms with Gasteiger partial charge in [0.05, 0.1) is 5.69 Å². The Morgan fingerprint density at radius 2 is 1.54 bits per heavy atom. The third-order valence-corrected chi connectivity index (χ3v) is 3.96. The molecule has 2 aromatic carbocycles. The predicted molar refractivity (Wildman–Crippen MR) is 96.7 cm³/mol. The number of benzene rings is 2. The van der Waals surface area contributed by atoms with Gasteiger partial charge in [0.2, 0.25) is 0 Å². The van der Waals surface area contributed by atoms with Gasteiger partial charge in [0.15, 0.2) is 0 Å². The lowest BCUT2D eigenvalue weighted by molar-refractivity contribution is 0.628. The maximum atomic E-state index is 13.4. The number of nitrogens with two attached hydrogens (primary N) is 3. The second-order valence-electron chi connectivity index (χ2n) is 5.72. The molecule has 6 N–H and O–H groups in total. The Balaban J connectivity index is 1.81. The Bertz CT molecular complexity index is 877. The lowest BCUT2D eigenvalue weighted by Crippen LogP contribution is -2.06. The standard InChI is InChI=1S/C19H19FN4/c20-16-6-2-5-14(10-16)13-4-1-3-12(9-13)7-8-15-11-17(21)24-19(23)18(15)22/h1-6,9-11H,7-8,22H2,(H4,21,23,24). The SMILES string of the molecule is Nc1cc(CCc2cccc(-c3cccc(F)c3)c2)c(N)c(N)n1. The first-order chi connectivity index (χ1) is 11.5. The first-order valence-electron chi connectivity index (χ1n) is 7.68. The van der Waals surface area contributed by atoms with Crippen molar-refractivity contribution in [1.82, 2.24) is 4.98 Å². The van der Waals surface area contributed by atoms with Gasteiger partial charge in [-0.15, -0.1) is 0 Å². The number of aromatic nitrogens is 1. The molecule has 0 bridgehead atoms. The van der Waals surface area contributed by atoms with Crippen molar-refractivity contribution < 1.29 is 4.39 Å². The van der Waals surface area contributed by atoms with Crippen LogP contribution in [0, 0.1) is 5.82 Å². The van der Waals surface area contributed by atoms with Crippen LogP contribution < -0.4 is 17.2 Å². The zero-order chi connectivity index (χ0) is 17.1. The highest BCUT2D eigenvalue weighted by atomic mass is 19.1. The maximum Gasteiger partial charge on any atom is 0.149 e. The minimum atomic E-state index is -0.242. The largest absolute Gasteiger partial charge is 0.396 e. The van der Waals surface area contributed by atoms with Crippen LogP contribution in [0.15, 0.2) is 54.6 Å². The van der Waals surface area contributed by atoms with Crippen molar-refractivity contribution in [3.05, 3.63) is 71.5 Å². The van der Waals surface area contributed by atoms with Crippen molar-refractivity contribution in [3.63, 3.8) is 0 Å². The van der Waals surface area contributed by atoms with E-state index in [0.717, 1.165) is 28.7 Å². The summed E-state index contributed by atoms with van der Waals surface area (Å²) in [4.78, 5) is 3.95. The third-order valence-electron chi connectivity index (χ3n) is 3.96. The first kappa shape index (κ1) is 15.8. The number of rotatable bonds is 4. The zero-order valence-electron chi connectivity index (χ0n) is 13.2. The molecule has 0 amide bonds. The molecule has 0 atom stereocenters. The molecule has 0 spiro atoms. The maximum absolute atomic E-state index is 13.4. The minimum Gasteiger partial charge on any atom is -0.396 e. The van der Waals surface area contributed by atoms with Crippen molar-refractivity contribution in [2.24, 2.45) is 0 Å². The van der Waals surface area contributed by atoms with Crippen molar-refractivity contribution >= 4 is 17.3 Å². The first-order valence-corrected chi connectivity index (χ1v) is 7.68. The fraction of sp³-hybridized carbons (Fsp3) is 0.105. The number of aryl methyl sites for hydroxylation is 2. The topological polar surface area (TPSA) is 91.0 Å². The summed E-state index contributed by atoms with van der Waals surface area (Å²) in [6.07, 6.45) is 1.48. The molecular weight excluding hydrogens is 303 g/mol. The number of anilines is 3. The molecule has 0 radical (unpaired) electrons. The van der Waals surface area contributed by atoms with E-state index in [1.54, 1.807) is 12.1 Å². The number of nitrogens with zero attached hydrogens (tertiary/aromatic N) is 1. The molecule has 0 saturated heterocycles. The van der Waals surface area contributed by atoms with Gasteiger partial charge in [-0.1, -0.05) is 36.4 Å². The summed E-state index contributed by atoms with van der Waals surface area (Å²) < 4.78 is 13.4. The Kier molecular flexibility index (Phi) is 4.33. The lowest BCUT2D eigenvalue weighted by atomic mass is 9.99. The number of hydrogen-bond acceptors (Lipinski definition) is 4. The van der Waals surface area contributed by atoms with E-state index in [-0.39, 0.29) is 11.6 Å². The molecule has 0 saturated carbocycles. The molecular formula is C19H19FN4. The molecule has 1 aromatic heterocycles. The van der Waals surface area contributed by atoms with Crippen LogP contribution in [-0.4, -0.2) is 4.98 Å². The van der Waals surface area contributed by atoms with E-state index >= 15 is 0 Å². The van der Waals surface area contributed by atoms with Gasteiger partial charge >= 0.3 is 0 Å². The molecule has 0 fully saturated rings. The van der Waals surface area contributed by atoms with Gasteiger partial charge in [0.1, 0.15) is 17.5 Å². The van der Waals surface area contributed by atoms with Gasteiger partial charge in [-0.3, -0.25) is 0 Å². The van der Waals surface area contributed by atoms with E-state index in [1.807, 2.05) is 24.3 Å². The summed E-state index contributed by atoms with van der Waals surface area (Å²) in [5.41, 5.74) is 21.8. The average Bonchev–Trinajstić information content (AvgIpc) is 2.57. The highest BCUT2D eigenvalue weighted by Crippen LogP contribution is 2.24. The summed E-state index contributed by atoms with van der Waals surface area (Å²) >= 11 is 0. The predicted octanol–water partition coefficient (Wildman–Crippen LogP) is 3.42. The van der Waals surface area contributed by atoms with Crippen molar-refractivity contribution in [1.29, 1.82) is 0 Å². The van der Waals surface area contributed by atoms with Gasteiger partial charge in [-0.05, 0) is 53.3 Å². The van der Waals surface area contributed by atoms with Gasteiger partial charge in [-0.25, -0.2) is 9.37 Å². The van der Waals surface area contributed by atoms with Crippen molar-refractivity contribution in [2.75, 3.05) is 17.2 Å².